The summed E-state index contributed by atoms with van der Waals surface area (Å²) >= 11 is 0. The van der Waals surface area contributed by atoms with Crippen molar-refractivity contribution in [1.82, 2.24) is 19.7 Å². The van der Waals surface area contributed by atoms with E-state index in [9.17, 15) is 0 Å². The fraction of sp³-hybridized carbons (Fsp3) is 0.250. The first-order valence-electron chi connectivity index (χ1n) is 10.1. The van der Waals surface area contributed by atoms with Crippen molar-refractivity contribution in [2.45, 2.75) is 26.4 Å². The average molecular weight is 399 g/mol. The number of benzene rings is 2. The lowest BCUT2D eigenvalue weighted by Gasteiger charge is -2.25. The number of hydrogen-bond acceptors (Lipinski definition) is 5. The fourth-order valence-corrected chi connectivity index (χ4v) is 4.27. The van der Waals surface area contributed by atoms with Crippen molar-refractivity contribution in [2.24, 2.45) is 5.73 Å². The molecule has 0 fully saturated rings. The Bertz CT molecular complexity index is 1360. The van der Waals surface area contributed by atoms with Crippen molar-refractivity contribution in [3.63, 3.8) is 0 Å². The summed E-state index contributed by atoms with van der Waals surface area (Å²) in [6, 6.07) is 12.6. The summed E-state index contributed by atoms with van der Waals surface area (Å²) in [6.45, 7) is 8.95. The molecule has 0 bridgehead atoms. The third-order valence-electron chi connectivity index (χ3n) is 5.86. The molecule has 3 heterocycles. The van der Waals surface area contributed by atoms with E-state index < -0.39 is 0 Å². The van der Waals surface area contributed by atoms with Gasteiger partial charge in [0.2, 0.25) is 0 Å². The Balaban J connectivity index is 1.56. The quantitative estimate of drug-likeness (QED) is 0.572. The van der Waals surface area contributed by atoms with Crippen LogP contribution in [0.15, 0.2) is 47.2 Å². The first kappa shape index (κ1) is 18.6. The lowest BCUT2D eigenvalue weighted by Crippen LogP contribution is -2.32. The summed E-state index contributed by atoms with van der Waals surface area (Å²) in [5.41, 5.74) is 14.3. The summed E-state index contributed by atoms with van der Waals surface area (Å²) in [7, 11) is 2.17. The first-order chi connectivity index (χ1) is 14.5. The highest BCUT2D eigenvalue weighted by Gasteiger charge is 2.15. The first-order valence-corrected chi connectivity index (χ1v) is 10.1. The lowest BCUT2D eigenvalue weighted by atomic mass is 9.97. The highest BCUT2D eigenvalue weighted by Crippen LogP contribution is 2.21. The smallest absolute Gasteiger partial charge is 0.181 e. The molecule has 1 aliphatic rings. The molecule has 5 rings (SSSR count). The van der Waals surface area contributed by atoms with Crippen LogP contribution in [0.3, 0.4) is 0 Å². The highest BCUT2D eigenvalue weighted by molar-refractivity contribution is 5.79. The van der Waals surface area contributed by atoms with Gasteiger partial charge in [0, 0.05) is 29.6 Å². The molecule has 0 spiro atoms. The van der Waals surface area contributed by atoms with Gasteiger partial charge in [0.1, 0.15) is 11.2 Å². The predicted octanol–water partition coefficient (Wildman–Crippen LogP) is 2.22. The van der Waals surface area contributed by atoms with Crippen molar-refractivity contribution >= 4 is 23.4 Å². The Morgan fingerprint density at radius 1 is 1.20 bits per heavy atom. The molecule has 0 saturated heterocycles. The standard InChI is InChI=1S/C24H25N5O/c1-15(25)23-16(2)29(12-17-4-5-20-13-28(3)9-8-18(20)10-17)27-24(23)19-6-7-22-21(11-19)26-14-30-22/h4-7,10-11,14H,2,8-9,12-13,25H2,1,3H3/b23-15-. The molecule has 1 aliphatic heterocycles. The molecule has 152 valence electrons. The Morgan fingerprint density at radius 2 is 2.07 bits per heavy atom. The Morgan fingerprint density at radius 3 is 2.90 bits per heavy atom. The van der Waals surface area contributed by atoms with Gasteiger partial charge in [0.25, 0.3) is 0 Å². The normalized spacial score (nSPS) is 15.4. The van der Waals surface area contributed by atoms with Gasteiger partial charge in [-0.2, -0.15) is 5.10 Å². The second-order valence-corrected chi connectivity index (χ2v) is 8.14. The Labute approximate surface area is 174 Å². The number of aromatic nitrogens is 3. The van der Waals surface area contributed by atoms with Crippen LogP contribution in [-0.2, 0) is 19.5 Å². The van der Waals surface area contributed by atoms with E-state index in [1.54, 1.807) is 0 Å². The lowest BCUT2D eigenvalue weighted by molar-refractivity contribution is 0.313. The fourth-order valence-electron chi connectivity index (χ4n) is 4.27. The molecule has 2 N–H and O–H groups in total. The van der Waals surface area contributed by atoms with Crippen LogP contribution >= 0.6 is 0 Å². The SMILES string of the molecule is C=c1/c(=C(\C)N)c(-c2ccc3ocnc3c2)nn1Cc1ccc2c(c1)CCN(C)C2. The number of fused-ring (bicyclic) bond motifs is 2. The highest BCUT2D eigenvalue weighted by atomic mass is 16.3. The van der Waals surface area contributed by atoms with Crippen molar-refractivity contribution in [3.8, 4) is 11.3 Å². The van der Waals surface area contributed by atoms with Crippen LogP contribution < -0.4 is 16.3 Å². The van der Waals surface area contributed by atoms with Crippen molar-refractivity contribution in [1.29, 1.82) is 0 Å². The van der Waals surface area contributed by atoms with Gasteiger partial charge in [-0.25, -0.2) is 4.98 Å². The molecule has 0 saturated carbocycles. The summed E-state index contributed by atoms with van der Waals surface area (Å²) in [5, 5.41) is 6.61. The van der Waals surface area contributed by atoms with E-state index in [4.69, 9.17) is 15.2 Å². The predicted molar refractivity (Wildman–Crippen MR) is 119 cm³/mol. The second kappa shape index (κ2) is 7.15. The Kier molecular flexibility index (Phi) is 4.44. The molecule has 0 unspecified atom stereocenters. The molecule has 0 atom stereocenters. The summed E-state index contributed by atoms with van der Waals surface area (Å²) < 4.78 is 7.31. The molecule has 0 radical (unpaired) electrons. The van der Waals surface area contributed by atoms with E-state index in [0.717, 1.165) is 52.4 Å². The number of rotatable bonds is 3. The Hall–Kier alpha value is -3.38. The molecule has 2 aromatic carbocycles. The third kappa shape index (κ3) is 3.19. The van der Waals surface area contributed by atoms with E-state index in [2.05, 4.69) is 41.7 Å². The number of nitrogens with two attached hydrogens (primary N) is 1. The van der Waals surface area contributed by atoms with Gasteiger partial charge < -0.3 is 15.1 Å². The molecule has 0 amide bonds. The molecule has 6 heteroatoms. The molecule has 4 aromatic rings. The summed E-state index contributed by atoms with van der Waals surface area (Å²) in [4.78, 5) is 6.62. The molecule has 30 heavy (non-hydrogen) atoms. The van der Waals surface area contributed by atoms with E-state index in [-0.39, 0.29) is 0 Å². The zero-order valence-corrected chi connectivity index (χ0v) is 17.4. The zero-order valence-electron chi connectivity index (χ0n) is 17.4. The minimum absolute atomic E-state index is 0.661. The van der Waals surface area contributed by atoms with E-state index in [1.165, 1.54) is 23.1 Å². The average Bonchev–Trinajstić information content (AvgIpc) is 3.32. The summed E-state index contributed by atoms with van der Waals surface area (Å²) in [5.74, 6) is 0. The van der Waals surface area contributed by atoms with Gasteiger partial charge >= 0.3 is 0 Å². The monoisotopic (exact) mass is 399 g/mol. The van der Waals surface area contributed by atoms with Crippen molar-refractivity contribution in [3.05, 3.63) is 70.0 Å². The van der Waals surface area contributed by atoms with Crippen LogP contribution in [0, 0.1) is 0 Å². The summed E-state index contributed by atoms with van der Waals surface area (Å²) in [6.07, 6.45) is 2.54. The van der Waals surface area contributed by atoms with E-state index in [0.29, 0.717) is 12.2 Å². The van der Waals surface area contributed by atoms with Gasteiger partial charge in [-0.1, -0.05) is 24.8 Å². The zero-order chi connectivity index (χ0) is 20.8. The second-order valence-electron chi connectivity index (χ2n) is 8.14. The topological polar surface area (TPSA) is 73.1 Å². The van der Waals surface area contributed by atoms with Crippen LogP contribution in [0.1, 0.15) is 23.6 Å². The number of oxazole rings is 1. The van der Waals surface area contributed by atoms with E-state index in [1.807, 2.05) is 29.8 Å². The largest absolute Gasteiger partial charge is 0.443 e. The van der Waals surface area contributed by atoms with Gasteiger partial charge in [-0.05, 0) is 55.3 Å². The molecule has 0 aliphatic carbocycles. The maximum absolute atomic E-state index is 6.24. The number of hydrogen-bond donors (Lipinski definition) is 1. The number of nitrogens with zero attached hydrogens (tertiary/aromatic N) is 4. The van der Waals surface area contributed by atoms with Crippen LogP contribution in [0.4, 0.5) is 0 Å². The van der Waals surface area contributed by atoms with Crippen LogP contribution in [0.5, 0.6) is 0 Å². The third-order valence-corrected chi connectivity index (χ3v) is 5.86. The maximum Gasteiger partial charge on any atom is 0.181 e. The van der Waals surface area contributed by atoms with Gasteiger partial charge in [-0.15, -0.1) is 0 Å². The van der Waals surface area contributed by atoms with Crippen LogP contribution in [0.2, 0.25) is 0 Å². The number of likely N-dealkylation sites (N-methyl/N-ethyl adjacent to an activating group) is 1. The molecule has 6 nitrogen and oxygen atoms in total. The van der Waals surface area contributed by atoms with Crippen LogP contribution in [-0.4, -0.2) is 33.3 Å². The van der Waals surface area contributed by atoms with Crippen molar-refractivity contribution in [2.75, 3.05) is 13.6 Å². The molecular weight excluding hydrogens is 374 g/mol. The molecule has 2 aromatic heterocycles. The molecular formula is C24H25N5O. The van der Waals surface area contributed by atoms with Gasteiger partial charge in [0.15, 0.2) is 12.0 Å². The van der Waals surface area contributed by atoms with E-state index >= 15 is 0 Å². The van der Waals surface area contributed by atoms with Crippen LogP contribution in [0.25, 0.3) is 34.6 Å². The minimum atomic E-state index is 0.661. The van der Waals surface area contributed by atoms with Gasteiger partial charge in [-0.3, -0.25) is 4.68 Å². The minimum Gasteiger partial charge on any atom is -0.443 e. The van der Waals surface area contributed by atoms with Crippen molar-refractivity contribution < 1.29 is 4.42 Å². The van der Waals surface area contributed by atoms with Gasteiger partial charge in [0.05, 0.1) is 11.9 Å². The maximum atomic E-state index is 6.24.